The van der Waals surface area contributed by atoms with Crippen molar-refractivity contribution in [1.82, 2.24) is 10.2 Å². The Bertz CT molecular complexity index is 253. The van der Waals surface area contributed by atoms with Gasteiger partial charge in [0.2, 0.25) is 5.91 Å². The van der Waals surface area contributed by atoms with Crippen molar-refractivity contribution in [2.45, 2.75) is 45.3 Å². The van der Waals surface area contributed by atoms with Crippen LogP contribution in [0.25, 0.3) is 0 Å². The standard InChI is InChI=1S/C12H22N2O2/c1-3-11-12(15)14(9(2)13-11)6-7-16-8-10-4-5-10/h9-11,13H,3-8H2,1-2H3. The molecule has 1 heterocycles. The van der Waals surface area contributed by atoms with Crippen molar-refractivity contribution in [3.8, 4) is 0 Å². The maximum Gasteiger partial charge on any atom is 0.241 e. The minimum absolute atomic E-state index is 0.0124. The smallest absolute Gasteiger partial charge is 0.241 e. The van der Waals surface area contributed by atoms with Gasteiger partial charge in [0.15, 0.2) is 0 Å². The first-order valence-corrected chi connectivity index (χ1v) is 6.36. The van der Waals surface area contributed by atoms with Crippen molar-refractivity contribution in [1.29, 1.82) is 0 Å². The number of nitrogens with one attached hydrogen (secondary N) is 1. The lowest BCUT2D eigenvalue weighted by molar-refractivity contribution is -0.130. The van der Waals surface area contributed by atoms with Gasteiger partial charge in [0.1, 0.15) is 0 Å². The third-order valence-electron chi connectivity index (χ3n) is 3.43. The summed E-state index contributed by atoms with van der Waals surface area (Å²) in [5, 5.41) is 3.29. The Morgan fingerprint density at radius 1 is 1.50 bits per heavy atom. The topological polar surface area (TPSA) is 41.6 Å². The van der Waals surface area contributed by atoms with Crippen molar-refractivity contribution in [3.63, 3.8) is 0 Å². The minimum Gasteiger partial charge on any atom is -0.379 e. The Hall–Kier alpha value is -0.610. The van der Waals surface area contributed by atoms with Crippen LogP contribution in [-0.2, 0) is 9.53 Å². The molecule has 2 atom stereocenters. The number of hydrogen-bond acceptors (Lipinski definition) is 3. The van der Waals surface area contributed by atoms with Gasteiger partial charge in [-0.25, -0.2) is 0 Å². The van der Waals surface area contributed by atoms with Crippen LogP contribution < -0.4 is 5.32 Å². The van der Waals surface area contributed by atoms with Crippen LogP contribution in [0.1, 0.15) is 33.1 Å². The monoisotopic (exact) mass is 226 g/mol. The molecule has 0 bridgehead atoms. The lowest BCUT2D eigenvalue weighted by Crippen LogP contribution is -2.37. The molecule has 4 heteroatoms. The second kappa shape index (κ2) is 5.15. The van der Waals surface area contributed by atoms with E-state index >= 15 is 0 Å². The summed E-state index contributed by atoms with van der Waals surface area (Å²) >= 11 is 0. The van der Waals surface area contributed by atoms with Crippen LogP contribution >= 0.6 is 0 Å². The average Bonchev–Trinajstić information content (AvgIpc) is 3.04. The van der Waals surface area contributed by atoms with E-state index in [0.29, 0.717) is 6.61 Å². The Morgan fingerprint density at radius 3 is 2.81 bits per heavy atom. The fourth-order valence-corrected chi connectivity index (χ4v) is 2.14. The van der Waals surface area contributed by atoms with Gasteiger partial charge in [-0.1, -0.05) is 6.92 Å². The molecule has 2 aliphatic rings. The van der Waals surface area contributed by atoms with Crippen LogP contribution in [0.4, 0.5) is 0 Å². The molecule has 16 heavy (non-hydrogen) atoms. The third-order valence-corrected chi connectivity index (χ3v) is 3.43. The summed E-state index contributed by atoms with van der Waals surface area (Å²) in [6.07, 6.45) is 3.65. The van der Waals surface area contributed by atoms with Crippen LogP contribution in [0.3, 0.4) is 0 Å². The van der Waals surface area contributed by atoms with E-state index in [-0.39, 0.29) is 18.1 Å². The Labute approximate surface area is 97.3 Å². The van der Waals surface area contributed by atoms with Crippen LogP contribution in [-0.4, -0.2) is 42.8 Å². The van der Waals surface area contributed by atoms with Crippen LogP contribution in [0, 0.1) is 5.92 Å². The highest BCUT2D eigenvalue weighted by Gasteiger charge is 2.34. The van der Waals surface area contributed by atoms with Gasteiger partial charge < -0.3 is 9.64 Å². The van der Waals surface area contributed by atoms with Gasteiger partial charge in [-0.05, 0) is 32.1 Å². The molecule has 2 unspecified atom stereocenters. The van der Waals surface area contributed by atoms with Gasteiger partial charge in [-0.2, -0.15) is 0 Å². The number of carbonyl (C=O) groups is 1. The van der Waals surface area contributed by atoms with Gasteiger partial charge >= 0.3 is 0 Å². The number of rotatable bonds is 6. The highest BCUT2D eigenvalue weighted by molar-refractivity contribution is 5.84. The molecule has 2 rings (SSSR count). The van der Waals surface area contributed by atoms with Crippen LogP contribution in [0.5, 0.6) is 0 Å². The third kappa shape index (κ3) is 2.74. The Kier molecular flexibility index (Phi) is 3.82. The fraction of sp³-hybridized carbons (Fsp3) is 0.917. The molecule has 1 aliphatic heterocycles. The number of amides is 1. The van der Waals surface area contributed by atoms with E-state index in [0.717, 1.165) is 25.5 Å². The zero-order chi connectivity index (χ0) is 11.5. The van der Waals surface area contributed by atoms with Crippen molar-refractivity contribution in [2.24, 2.45) is 5.92 Å². The molecule has 1 saturated carbocycles. The molecule has 1 saturated heterocycles. The maximum absolute atomic E-state index is 11.9. The summed E-state index contributed by atoms with van der Waals surface area (Å²) < 4.78 is 5.56. The molecular weight excluding hydrogens is 204 g/mol. The van der Waals surface area contributed by atoms with Crippen molar-refractivity contribution in [2.75, 3.05) is 19.8 Å². The van der Waals surface area contributed by atoms with Crippen molar-refractivity contribution < 1.29 is 9.53 Å². The summed E-state index contributed by atoms with van der Waals surface area (Å²) in [6.45, 7) is 6.34. The van der Waals surface area contributed by atoms with Gasteiger partial charge in [0, 0.05) is 13.2 Å². The van der Waals surface area contributed by atoms with E-state index in [4.69, 9.17) is 4.74 Å². The number of carbonyl (C=O) groups excluding carboxylic acids is 1. The summed E-state index contributed by atoms with van der Waals surface area (Å²) in [5.41, 5.74) is 0. The number of nitrogens with zero attached hydrogens (tertiary/aromatic N) is 1. The molecule has 0 aromatic heterocycles. The molecule has 4 nitrogen and oxygen atoms in total. The van der Waals surface area contributed by atoms with Gasteiger partial charge in [-0.15, -0.1) is 0 Å². The zero-order valence-corrected chi connectivity index (χ0v) is 10.2. The molecule has 2 fully saturated rings. The van der Waals surface area contributed by atoms with Gasteiger partial charge in [0.25, 0.3) is 0 Å². The second-order valence-corrected chi connectivity index (χ2v) is 4.85. The molecule has 1 amide bonds. The van der Waals surface area contributed by atoms with E-state index < -0.39 is 0 Å². The summed E-state index contributed by atoms with van der Waals surface area (Å²) in [4.78, 5) is 13.8. The molecule has 1 aliphatic carbocycles. The largest absolute Gasteiger partial charge is 0.379 e. The van der Waals surface area contributed by atoms with E-state index in [1.54, 1.807) is 0 Å². The van der Waals surface area contributed by atoms with Crippen molar-refractivity contribution in [3.05, 3.63) is 0 Å². The molecule has 0 aromatic carbocycles. The van der Waals surface area contributed by atoms with Crippen LogP contribution in [0.2, 0.25) is 0 Å². The zero-order valence-electron chi connectivity index (χ0n) is 10.2. The highest BCUT2D eigenvalue weighted by atomic mass is 16.5. The molecule has 0 aromatic rings. The van der Waals surface area contributed by atoms with E-state index in [2.05, 4.69) is 5.32 Å². The molecule has 0 spiro atoms. The number of ether oxygens (including phenoxy) is 1. The fourth-order valence-electron chi connectivity index (χ4n) is 2.14. The Balaban J connectivity index is 1.68. The summed E-state index contributed by atoms with van der Waals surface area (Å²) in [7, 11) is 0. The van der Waals surface area contributed by atoms with E-state index in [1.807, 2.05) is 18.7 Å². The first-order chi connectivity index (χ1) is 7.72. The lowest BCUT2D eigenvalue weighted by atomic mass is 10.2. The maximum atomic E-state index is 11.9. The predicted octanol–water partition coefficient (Wildman–Crippen LogP) is 0.969. The van der Waals surface area contributed by atoms with E-state index in [9.17, 15) is 4.79 Å². The first kappa shape index (κ1) is 11.9. The SMILES string of the molecule is CCC1NC(C)N(CCOCC2CC2)C1=O. The average molecular weight is 226 g/mol. The summed E-state index contributed by atoms with van der Waals surface area (Å²) in [6, 6.07) is 0.0124. The summed E-state index contributed by atoms with van der Waals surface area (Å²) in [5.74, 6) is 1.03. The van der Waals surface area contributed by atoms with E-state index in [1.165, 1.54) is 12.8 Å². The molecule has 1 N–H and O–H groups in total. The molecule has 92 valence electrons. The predicted molar refractivity (Wildman–Crippen MR) is 61.9 cm³/mol. The second-order valence-electron chi connectivity index (χ2n) is 4.85. The molecule has 0 radical (unpaired) electrons. The minimum atomic E-state index is 0.0124. The highest BCUT2D eigenvalue weighted by Crippen LogP contribution is 2.28. The first-order valence-electron chi connectivity index (χ1n) is 6.36. The number of hydrogen-bond donors (Lipinski definition) is 1. The van der Waals surface area contributed by atoms with Gasteiger partial charge in [0.05, 0.1) is 18.8 Å². The van der Waals surface area contributed by atoms with Crippen molar-refractivity contribution >= 4 is 5.91 Å². The Morgan fingerprint density at radius 2 is 2.25 bits per heavy atom. The molecular formula is C12H22N2O2. The quantitative estimate of drug-likeness (QED) is 0.686. The lowest BCUT2D eigenvalue weighted by Gasteiger charge is -2.20. The van der Waals surface area contributed by atoms with Crippen LogP contribution in [0.15, 0.2) is 0 Å². The van der Waals surface area contributed by atoms with Gasteiger partial charge in [-0.3, -0.25) is 10.1 Å². The normalized spacial score (nSPS) is 30.1.